The van der Waals surface area contributed by atoms with Crippen molar-refractivity contribution < 1.29 is 34.8 Å². The molecule has 1 heterocycles. The number of hydrogen-bond acceptors (Lipinski definition) is 3. The van der Waals surface area contributed by atoms with E-state index in [1.807, 2.05) is 0 Å². The minimum absolute atomic E-state index is 0.0527. The fraction of sp³-hybridized carbons (Fsp3) is 0.0625. The Morgan fingerprint density at radius 1 is 0.929 bits per heavy atom. The standard InChI is InChI=1S/C16H9F6N3O2S/c17-11-5-8(6-12(18)15(11)19)13-7-14(16(20,21)22)24-25(13)9-1-3-10(4-2-9)28(23,26)27/h1-7H,(H2,23,26,27). The molecule has 0 unspecified atom stereocenters. The molecule has 3 rings (SSSR count). The van der Waals surface area contributed by atoms with Crippen LogP contribution >= 0.6 is 0 Å². The fourth-order valence-electron chi connectivity index (χ4n) is 2.40. The van der Waals surface area contributed by atoms with E-state index >= 15 is 0 Å². The van der Waals surface area contributed by atoms with Crippen LogP contribution in [-0.4, -0.2) is 18.2 Å². The van der Waals surface area contributed by atoms with Gasteiger partial charge in [0.25, 0.3) is 0 Å². The molecule has 3 aromatic rings. The molecular formula is C16H9F6N3O2S. The Kier molecular flexibility index (Phi) is 4.71. The van der Waals surface area contributed by atoms with Gasteiger partial charge in [-0.2, -0.15) is 18.3 Å². The third kappa shape index (κ3) is 3.73. The number of rotatable bonds is 3. The molecule has 0 fully saturated rings. The molecule has 0 aliphatic heterocycles. The smallest absolute Gasteiger partial charge is 0.233 e. The molecule has 0 aliphatic rings. The predicted octanol–water partition coefficient (Wildman–Crippen LogP) is 3.62. The van der Waals surface area contributed by atoms with Crippen molar-refractivity contribution in [1.82, 2.24) is 9.78 Å². The van der Waals surface area contributed by atoms with Gasteiger partial charge in [0.15, 0.2) is 23.1 Å². The topological polar surface area (TPSA) is 78.0 Å². The maximum Gasteiger partial charge on any atom is 0.435 e. The van der Waals surface area contributed by atoms with Crippen molar-refractivity contribution in [1.29, 1.82) is 0 Å². The lowest BCUT2D eigenvalue weighted by atomic mass is 10.1. The fourth-order valence-corrected chi connectivity index (χ4v) is 2.92. The quantitative estimate of drug-likeness (QED) is 0.518. The normalized spacial score (nSPS) is 12.4. The van der Waals surface area contributed by atoms with Crippen molar-refractivity contribution in [3.05, 3.63) is 65.6 Å². The molecular weight excluding hydrogens is 412 g/mol. The summed E-state index contributed by atoms with van der Waals surface area (Å²) in [5.41, 5.74) is -2.23. The first-order valence-corrected chi connectivity index (χ1v) is 8.88. The van der Waals surface area contributed by atoms with Crippen molar-refractivity contribution in [3.63, 3.8) is 0 Å². The molecule has 0 saturated carbocycles. The highest BCUT2D eigenvalue weighted by Gasteiger charge is 2.35. The van der Waals surface area contributed by atoms with Crippen LogP contribution in [0.3, 0.4) is 0 Å². The van der Waals surface area contributed by atoms with Crippen molar-refractivity contribution >= 4 is 10.0 Å². The van der Waals surface area contributed by atoms with E-state index in [0.29, 0.717) is 22.9 Å². The van der Waals surface area contributed by atoms with Gasteiger partial charge in [-0.25, -0.2) is 31.4 Å². The van der Waals surface area contributed by atoms with Crippen LogP contribution in [0.25, 0.3) is 16.9 Å². The number of halogens is 6. The van der Waals surface area contributed by atoms with Gasteiger partial charge in [0.05, 0.1) is 16.3 Å². The zero-order chi connectivity index (χ0) is 20.9. The lowest BCUT2D eigenvalue weighted by Gasteiger charge is -2.09. The Morgan fingerprint density at radius 3 is 1.93 bits per heavy atom. The highest BCUT2D eigenvalue weighted by Crippen LogP contribution is 2.34. The number of sulfonamides is 1. The van der Waals surface area contributed by atoms with Crippen LogP contribution in [0.4, 0.5) is 26.3 Å². The minimum atomic E-state index is -4.88. The molecule has 0 radical (unpaired) electrons. The van der Waals surface area contributed by atoms with Crippen LogP contribution < -0.4 is 5.14 Å². The maximum atomic E-state index is 13.5. The summed E-state index contributed by atoms with van der Waals surface area (Å²) in [6.07, 6.45) is -4.88. The first-order valence-electron chi connectivity index (χ1n) is 7.33. The van der Waals surface area contributed by atoms with Crippen molar-refractivity contribution in [3.8, 4) is 16.9 Å². The summed E-state index contributed by atoms with van der Waals surface area (Å²) < 4.78 is 103. The number of nitrogens with two attached hydrogens (primary N) is 1. The van der Waals surface area contributed by atoms with Crippen molar-refractivity contribution in [2.45, 2.75) is 11.1 Å². The molecule has 1 aromatic heterocycles. The summed E-state index contributed by atoms with van der Waals surface area (Å²) in [7, 11) is -4.05. The van der Waals surface area contributed by atoms with Gasteiger partial charge < -0.3 is 0 Å². The van der Waals surface area contributed by atoms with E-state index in [1.165, 1.54) is 0 Å². The number of benzene rings is 2. The van der Waals surface area contributed by atoms with Gasteiger partial charge >= 0.3 is 6.18 Å². The van der Waals surface area contributed by atoms with Gasteiger partial charge in [0, 0.05) is 5.56 Å². The summed E-state index contributed by atoms with van der Waals surface area (Å²) in [6.45, 7) is 0. The van der Waals surface area contributed by atoms with Crippen molar-refractivity contribution in [2.24, 2.45) is 5.14 Å². The predicted molar refractivity (Wildman–Crippen MR) is 85.2 cm³/mol. The monoisotopic (exact) mass is 421 g/mol. The molecule has 0 spiro atoms. The first kappa shape index (κ1) is 19.9. The molecule has 0 aliphatic carbocycles. The second-order valence-electron chi connectivity index (χ2n) is 5.62. The van der Waals surface area contributed by atoms with E-state index in [2.05, 4.69) is 5.10 Å². The number of primary sulfonamides is 1. The Hall–Kier alpha value is -2.86. The SMILES string of the molecule is NS(=O)(=O)c1ccc(-n2nc(C(F)(F)F)cc2-c2cc(F)c(F)c(F)c2)cc1. The average Bonchev–Trinajstić information content (AvgIpc) is 3.04. The molecule has 148 valence electrons. The van der Waals surface area contributed by atoms with Gasteiger partial charge in [0.1, 0.15) is 0 Å². The second-order valence-corrected chi connectivity index (χ2v) is 7.18. The highest BCUT2D eigenvalue weighted by atomic mass is 32.2. The van der Waals surface area contributed by atoms with E-state index in [1.54, 1.807) is 0 Å². The van der Waals surface area contributed by atoms with Gasteiger partial charge in [-0.1, -0.05) is 0 Å². The Morgan fingerprint density at radius 2 is 1.46 bits per heavy atom. The molecule has 28 heavy (non-hydrogen) atoms. The number of alkyl halides is 3. The molecule has 2 aromatic carbocycles. The highest BCUT2D eigenvalue weighted by molar-refractivity contribution is 7.89. The molecule has 5 nitrogen and oxygen atoms in total. The summed E-state index contributed by atoms with van der Waals surface area (Å²) in [5, 5.41) is 8.33. The maximum absolute atomic E-state index is 13.5. The lowest BCUT2D eigenvalue weighted by Crippen LogP contribution is -2.12. The van der Waals surface area contributed by atoms with Crippen LogP contribution in [0, 0.1) is 17.5 Å². The van der Waals surface area contributed by atoms with E-state index in [9.17, 15) is 34.8 Å². The molecule has 2 N–H and O–H groups in total. The third-order valence-corrected chi connectivity index (χ3v) is 4.62. The van der Waals surface area contributed by atoms with E-state index in [0.717, 1.165) is 24.3 Å². The molecule has 12 heteroatoms. The van der Waals surface area contributed by atoms with Crippen LogP contribution in [0.5, 0.6) is 0 Å². The molecule has 0 atom stereocenters. The molecule has 0 saturated heterocycles. The van der Waals surface area contributed by atoms with Gasteiger partial charge in [-0.3, -0.25) is 0 Å². The first-order chi connectivity index (χ1) is 12.9. The average molecular weight is 421 g/mol. The van der Waals surface area contributed by atoms with Crippen LogP contribution in [0.15, 0.2) is 47.4 Å². The Labute approximate surface area is 154 Å². The number of aromatic nitrogens is 2. The Bertz CT molecular complexity index is 1130. The number of hydrogen-bond donors (Lipinski definition) is 1. The Balaban J connectivity index is 2.22. The van der Waals surface area contributed by atoms with Crippen LogP contribution in [0.1, 0.15) is 5.69 Å². The second kappa shape index (κ2) is 6.63. The van der Waals surface area contributed by atoms with Gasteiger partial charge in [0.2, 0.25) is 10.0 Å². The molecule has 0 bridgehead atoms. The third-order valence-electron chi connectivity index (χ3n) is 3.69. The summed E-state index contributed by atoms with van der Waals surface area (Å²) in [6, 6.07) is 5.82. The van der Waals surface area contributed by atoms with E-state index < -0.39 is 50.6 Å². The number of nitrogens with zero attached hydrogens (tertiary/aromatic N) is 2. The van der Waals surface area contributed by atoms with Gasteiger partial charge in [-0.05, 0) is 42.5 Å². The summed E-state index contributed by atoms with van der Waals surface area (Å²) >= 11 is 0. The zero-order valence-electron chi connectivity index (χ0n) is 13.5. The minimum Gasteiger partial charge on any atom is -0.233 e. The zero-order valence-corrected chi connectivity index (χ0v) is 14.3. The van der Waals surface area contributed by atoms with E-state index in [-0.39, 0.29) is 10.6 Å². The largest absolute Gasteiger partial charge is 0.435 e. The van der Waals surface area contributed by atoms with Crippen LogP contribution in [0.2, 0.25) is 0 Å². The summed E-state index contributed by atoms with van der Waals surface area (Å²) in [4.78, 5) is -0.306. The van der Waals surface area contributed by atoms with Crippen molar-refractivity contribution in [2.75, 3.05) is 0 Å². The molecule has 0 amide bonds. The van der Waals surface area contributed by atoms with Gasteiger partial charge in [-0.15, -0.1) is 0 Å². The lowest BCUT2D eigenvalue weighted by molar-refractivity contribution is -0.141. The summed E-state index contributed by atoms with van der Waals surface area (Å²) in [5.74, 6) is -4.97. The van der Waals surface area contributed by atoms with E-state index in [4.69, 9.17) is 5.14 Å². The van der Waals surface area contributed by atoms with Crippen LogP contribution in [-0.2, 0) is 16.2 Å².